The lowest BCUT2D eigenvalue weighted by molar-refractivity contribution is -0.143. The molecule has 1 saturated heterocycles. The number of carbonyl (C=O) groups is 9. The number of rotatable bonds is 25. The Morgan fingerprint density at radius 1 is 0.786 bits per heavy atom. The van der Waals surface area contributed by atoms with Crippen LogP contribution in [0.5, 0.6) is 0 Å². The lowest BCUT2D eigenvalue weighted by atomic mass is 10.0. The van der Waals surface area contributed by atoms with Gasteiger partial charge in [-0.15, -0.1) is 0 Å². The molecule has 1 rings (SSSR count). The monoisotopic (exact) mass is 800 g/mol. The predicted octanol–water partition coefficient (Wildman–Crippen LogP) is -4.35. The molecule has 0 radical (unpaired) electrons. The van der Waals surface area contributed by atoms with Gasteiger partial charge in [-0.3, -0.25) is 43.3 Å². The summed E-state index contributed by atoms with van der Waals surface area (Å²) in [5, 5.41) is 49.6. The second-order valence-corrected chi connectivity index (χ2v) is 13.8. The Balaban J connectivity index is 3.05. The minimum absolute atomic E-state index is 0.00336. The molecule has 0 aliphatic carbocycles. The summed E-state index contributed by atoms with van der Waals surface area (Å²) >= 11 is 0. The minimum Gasteiger partial charge on any atom is -0.481 e. The zero-order chi connectivity index (χ0) is 42.7. The van der Waals surface area contributed by atoms with Crippen LogP contribution in [0.1, 0.15) is 78.6 Å². The van der Waals surface area contributed by atoms with Crippen LogP contribution in [0.4, 0.5) is 0 Å². The van der Waals surface area contributed by atoms with E-state index >= 15 is 0 Å². The molecular weight excluding hydrogens is 744 g/mol. The molecule has 1 aliphatic rings. The van der Waals surface area contributed by atoms with E-state index < -0.39 is 115 Å². The molecule has 0 unspecified atom stereocenters. The van der Waals surface area contributed by atoms with Gasteiger partial charge in [-0.25, -0.2) is 4.79 Å². The smallest absolute Gasteiger partial charge is 0.326 e. The number of nitrogens with zero attached hydrogens (tertiary/aromatic N) is 2. The van der Waals surface area contributed by atoms with Gasteiger partial charge in [0.25, 0.3) is 0 Å². The van der Waals surface area contributed by atoms with Crippen molar-refractivity contribution < 1.29 is 63.6 Å². The van der Waals surface area contributed by atoms with Crippen molar-refractivity contribution in [3.8, 4) is 0 Å². The van der Waals surface area contributed by atoms with E-state index in [1.807, 2.05) is 0 Å². The van der Waals surface area contributed by atoms with Gasteiger partial charge in [0.15, 0.2) is 5.96 Å². The molecule has 56 heavy (non-hydrogen) atoms. The maximum atomic E-state index is 13.6. The number of aliphatic hydroxyl groups is 1. The lowest BCUT2D eigenvalue weighted by Gasteiger charge is -2.28. The summed E-state index contributed by atoms with van der Waals surface area (Å²) in [4.78, 5) is 117. The molecule has 23 nitrogen and oxygen atoms in total. The second-order valence-electron chi connectivity index (χ2n) is 13.8. The Hall–Kier alpha value is -5.58. The van der Waals surface area contributed by atoms with Crippen molar-refractivity contribution in [1.29, 1.82) is 0 Å². The van der Waals surface area contributed by atoms with Gasteiger partial charge < -0.3 is 69.1 Å². The van der Waals surface area contributed by atoms with E-state index in [0.717, 1.165) is 0 Å². The average molecular weight is 801 g/mol. The van der Waals surface area contributed by atoms with E-state index in [2.05, 4.69) is 31.6 Å². The Labute approximate surface area is 322 Å². The number of hydrogen-bond donors (Lipinski definition) is 12. The Kier molecular flexibility index (Phi) is 20.8. The van der Waals surface area contributed by atoms with Crippen LogP contribution in [0, 0.1) is 5.92 Å². The van der Waals surface area contributed by atoms with Crippen molar-refractivity contribution in [2.75, 3.05) is 19.6 Å². The molecule has 1 fully saturated rings. The molecule has 0 aromatic carbocycles. The number of aliphatic carboxylic acids is 3. The van der Waals surface area contributed by atoms with Gasteiger partial charge in [-0.2, -0.15) is 0 Å². The van der Waals surface area contributed by atoms with E-state index in [0.29, 0.717) is 6.42 Å². The molecule has 0 bridgehead atoms. The molecule has 0 saturated carbocycles. The van der Waals surface area contributed by atoms with Crippen LogP contribution < -0.4 is 43.8 Å². The molecule has 0 aromatic heterocycles. The highest BCUT2D eigenvalue weighted by atomic mass is 16.4. The van der Waals surface area contributed by atoms with Crippen LogP contribution in [0.15, 0.2) is 4.99 Å². The number of nitrogens with two attached hydrogens (primary N) is 3. The van der Waals surface area contributed by atoms with Crippen molar-refractivity contribution in [1.82, 2.24) is 31.5 Å². The minimum atomic E-state index is -1.64. The molecule has 0 aromatic rings. The summed E-state index contributed by atoms with van der Waals surface area (Å²) in [5.74, 6) is -9.47. The summed E-state index contributed by atoms with van der Waals surface area (Å²) in [6, 6.07) is -8.10. The third-order valence-electron chi connectivity index (χ3n) is 8.51. The zero-order valence-corrected chi connectivity index (χ0v) is 31.7. The van der Waals surface area contributed by atoms with Gasteiger partial charge in [0.1, 0.15) is 30.2 Å². The van der Waals surface area contributed by atoms with E-state index in [4.69, 9.17) is 27.4 Å². The van der Waals surface area contributed by atoms with Crippen molar-refractivity contribution in [2.24, 2.45) is 28.1 Å². The van der Waals surface area contributed by atoms with Crippen molar-refractivity contribution in [3.63, 3.8) is 0 Å². The van der Waals surface area contributed by atoms with Crippen molar-refractivity contribution in [3.05, 3.63) is 0 Å². The first-order valence-electron chi connectivity index (χ1n) is 18.1. The number of carbonyl (C=O) groups excluding carboxylic acids is 6. The quantitative estimate of drug-likeness (QED) is 0.0236. The average Bonchev–Trinajstić information content (AvgIpc) is 3.60. The van der Waals surface area contributed by atoms with Gasteiger partial charge in [0.05, 0.1) is 18.7 Å². The summed E-state index contributed by atoms with van der Waals surface area (Å²) < 4.78 is 0. The number of carboxylic acid groups (broad SMARTS) is 3. The van der Waals surface area contributed by atoms with Crippen LogP contribution in [-0.2, 0) is 43.2 Å². The van der Waals surface area contributed by atoms with E-state index in [9.17, 15) is 53.4 Å². The molecular formula is C33H56N10O13. The highest BCUT2D eigenvalue weighted by Gasteiger charge is 2.37. The summed E-state index contributed by atoms with van der Waals surface area (Å²) in [6.45, 7) is 4.20. The Morgan fingerprint density at radius 3 is 1.91 bits per heavy atom. The SMILES string of the molecule is CC(C)C[C@H](NC(=O)[C@@H](NC(=O)CNC(=O)[C@@H]1CCCN1C(=O)[C@@H](N)CCC(=O)O)[C@@H](C)O)C(=O)N[C@@H](CCCN=C(N)N)C(=O)N[C@@H](CCC(=O)O)C(=O)O. The van der Waals surface area contributed by atoms with Gasteiger partial charge >= 0.3 is 17.9 Å². The number of nitrogens with one attached hydrogen (secondary N) is 5. The normalized spacial score (nSPS) is 16.9. The number of amides is 6. The molecule has 6 amide bonds. The Morgan fingerprint density at radius 2 is 1.36 bits per heavy atom. The molecule has 15 N–H and O–H groups in total. The first kappa shape index (κ1) is 48.4. The zero-order valence-electron chi connectivity index (χ0n) is 31.7. The van der Waals surface area contributed by atoms with Crippen LogP contribution >= 0.6 is 0 Å². The third-order valence-corrected chi connectivity index (χ3v) is 8.51. The molecule has 7 atom stereocenters. The molecule has 1 heterocycles. The number of likely N-dealkylation sites (tertiary alicyclic amines) is 1. The van der Waals surface area contributed by atoms with Crippen molar-refractivity contribution in [2.45, 2.75) is 121 Å². The fourth-order valence-corrected chi connectivity index (χ4v) is 5.64. The number of aliphatic hydroxyl groups excluding tert-OH is 1. The van der Waals surface area contributed by atoms with Crippen LogP contribution in [0.2, 0.25) is 0 Å². The molecule has 23 heteroatoms. The third kappa shape index (κ3) is 17.7. The number of aliphatic imine (C=N–C) groups is 1. The van der Waals surface area contributed by atoms with Gasteiger partial charge in [0, 0.05) is 25.9 Å². The van der Waals surface area contributed by atoms with Gasteiger partial charge in [0.2, 0.25) is 35.4 Å². The standard InChI is InChI=1S/C33H56N10O13/c1-16(2)14-21(28(51)39-19(6-4-12-37-33(35)36)27(50)40-20(32(55)56)9-11-25(48)49)41-30(53)26(17(3)44)42-23(45)15-38-29(52)22-7-5-13-43(22)31(54)18(34)8-10-24(46)47/h16-22,26,44H,4-15,34H2,1-3H3,(H,38,52)(H,39,51)(H,40,50)(H,41,53)(H,42,45)(H,46,47)(H,48,49)(H,55,56)(H4,35,36,37)/t17-,18+,19+,20+,21+,22+,26+/m1/s1. The van der Waals surface area contributed by atoms with E-state index in [1.54, 1.807) is 13.8 Å². The van der Waals surface area contributed by atoms with Crippen molar-refractivity contribution >= 4 is 59.3 Å². The maximum Gasteiger partial charge on any atom is 0.326 e. The van der Waals surface area contributed by atoms with E-state index in [-0.39, 0.29) is 63.5 Å². The molecule has 1 aliphatic heterocycles. The predicted molar refractivity (Wildman–Crippen MR) is 196 cm³/mol. The highest BCUT2D eigenvalue weighted by Crippen LogP contribution is 2.19. The summed E-state index contributed by atoms with van der Waals surface area (Å²) in [7, 11) is 0. The highest BCUT2D eigenvalue weighted by molar-refractivity contribution is 5.96. The van der Waals surface area contributed by atoms with Crippen LogP contribution in [-0.4, -0.2) is 147 Å². The fourth-order valence-electron chi connectivity index (χ4n) is 5.64. The van der Waals surface area contributed by atoms with Gasteiger partial charge in [-0.1, -0.05) is 13.8 Å². The van der Waals surface area contributed by atoms with Crippen LogP contribution in [0.25, 0.3) is 0 Å². The summed E-state index contributed by atoms with van der Waals surface area (Å²) in [5.41, 5.74) is 16.5. The second kappa shape index (κ2) is 24.0. The first-order valence-corrected chi connectivity index (χ1v) is 18.1. The summed E-state index contributed by atoms with van der Waals surface area (Å²) in [6.07, 6.45) is -2.27. The van der Waals surface area contributed by atoms with Gasteiger partial charge in [-0.05, 0) is 57.8 Å². The lowest BCUT2D eigenvalue weighted by Crippen LogP contribution is -2.60. The first-order chi connectivity index (χ1) is 26.1. The fraction of sp³-hybridized carbons (Fsp3) is 0.697. The maximum absolute atomic E-state index is 13.6. The largest absolute Gasteiger partial charge is 0.481 e. The van der Waals surface area contributed by atoms with Crippen LogP contribution in [0.3, 0.4) is 0 Å². The number of carboxylic acids is 3. The molecule has 316 valence electrons. The Bertz CT molecular complexity index is 1450. The van der Waals surface area contributed by atoms with E-state index in [1.165, 1.54) is 11.8 Å². The molecule has 0 spiro atoms. The number of guanidine groups is 1. The topological polar surface area (TPSA) is 388 Å². The number of hydrogen-bond acceptors (Lipinski definition) is 12.